The molecule has 3 amide bonds. The minimum absolute atomic E-state index is 0.103. The van der Waals surface area contributed by atoms with Crippen LogP contribution < -0.4 is 26.2 Å². The third kappa shape index (κ3) is 4.41. The zero-order chi connectivity index (χ0) is 26.6. The summed E-state index contributed by atoms with van der Waals surface area (Å²) in [6, 6.07) is 8.58. The molecule has 39 heavy (non-hydrogen) atoms. The first kappa shape index (κ1) is 24.4. The molecule has 0 radical (unpaired) electrons. The summed E-state index contributed by atoms with van der Waals surface area (Å²) in [7, 11) is 0. The lowest BCUT2D eigenvalue weighted by molar-refractivity contribution is -0.0444. The minimum Gasteiger partial charge on any atom is -0.377 e. The van der Waals surface area contributed by atoms with Crippen molar-refractivity contribution in [1.82, 2.24) is 25.1 Å². The molecule has 5 saturated heterocycles. The fourth-order valence-electron chi connectivity index (χ4n) is 6.41. The molecule has 1 unspecified atom stereocenters. The third-order valence-corrected chi connectivity index (χ3v) is 8.84. The Balaban J connectivity index is 1.04. The van der Waals surface area contributed by atoms with Crippen molar-refractivity contribution >= 4 is 34.9 Å². The number of aromatic nitrogens is 2. The fourth-order valence-corrected chi connectivity index (χ4v) is 6.41. The SMILES string of the molecule is NC(=O)c1ncc(N2CCCC(N3CCN(C4COC4)C3=O)C2)nc1Nc1ccc(N2CC3(CNC3)C2)cc1. The summed E-state index contributed by atoms with van der Waals surface area (Å²) in [5, 5.41) is 6.64. The Morgan fingerprint density at radius 1 is 1.05 bits per heavy atom. The van der Waals surface area contributed by atoms with Crippen LogP contribution in [-0.4, -0.2) is 109 Å². The molecule has 206 valence electrons. The molecule has 1 atom stereocenters. The van der Waals surface area contributed by atoms with Crippen LogP contribution in [0, 0.1) is 5.41 Å². The van der Waals surface area contributed by atoms with Crippen molar-refractivity contribution in [3.63, 3.8) is 0 Å². The first-order valence-electron chi connectivity index (χ1n) is 13.9. The van der Waals surface area contributed by atoms with Crippen LogP contribution in [0.15, 0.2) is 30.5 Å². The number of nitrogens with zero attached hydrogens (tertiary/aromatic N) is 6. The monoisotopic (exact) mass is 533 g/mol. The van der Waals surface area contributed by atoms with E-state index in [-0.39, 0.29) is 23.8 Å². The van der Waals surface area contributed by atoms with Gasteiger partial charge in [-0.15, -0.1) is 0 Å². The van der Waals surface area contributed by atoms with Gasteiger partial charge in [0.05, 0.1) is 31.5 Å². The molecule has 0 saturated carbocycles. The summed E-state index contributed by atoms with van der Waals surface area (Å²) >= 11 is 0. The number of ether oxygens (including phenoxy) is 1. The number of rotatable bonds is 7. The zero-order valence-electron chi connectivity index (χ0n) is 22.0. The maximum atomic E-state index is 13.1. The van der Waals surface area contributed by atoms with Gasteiger partial charge in [0.15, 0.2) is 11.5 Å². The molecule has 12 heteroatoms. The highest BCUT2D eigenvalue weighted by atomic mass is 16.5. The zero-order valence-corrected chi connectivity index (χ0v) is 22.0. The number of primary amides is 1. The Hall–Kier alpha value is -3.64. The lowest BCUT2D eigenvalue weighted by atomic mass is 9.74. The molecule has 0 aliphatic carbocycles. The second-order valence-electron chi connectivity index (χ2n) is 11.5. The smallest absolute Gasteiger partial charge is 0.320 e. The maximum absolute atomic E-state index is 13.1. The largest absolute Gasteiger partial charge is 0.377 e. The van der Waals surface area contributed by atoms with Gasteiger partial charge in [0.25, 0.3) is 5.91 Å². The molecule has 1 spiro atoms. The molecule has 1 aromatic heterocycles. The van der Waals surface area contributed by atoms with Crippen molar-refractivity contribution < 1.29 is 14.3 Å². The Morgan fingerprint density at radius 3 is 2.44 bits per heavy atom. The lowest BCUT2D eigenvalue weighted by Gasteiger charge is -2.57. The maximum Gasteiger partial charge on any atom is 0.320 e. The Morgan fingerprint density at radius 2 is 1.79 bits per heavy atom. The predicted octanol–water partition coefficient (Wildman–Crippen LogP) is 0.834. The molecule has 4 N–H and O–H groups in total. The van der Waals surface area contributed by atoms with Crippen LogP contribution in [0.3, 0.4) is 0 Å². The normalized spacial score (nSPS) is 24.4. The van der Waals surface area contributed by atoms with E-state index in [1.54, 1.807) is 6.20 Å². The summed E-state index contributed by atoms with van der Waals surface area (Å²) in [6.07, 6.45) is 3.50. The van der Waals surface area contributed by atoms with E-state index in [0.717, 1.165) is 64.3 Å². The van der Waals surface area contributed by atoms with Gasteiger partial charge in [-0.1, -0.05) is 0 Å². The van der Waals surface area contributed by atoms with Crippen molar-refractivity contribution in [3.05, 3.63) is 36.2 Å². The quantitative estimate of drug-likeness (QED) is 0.474. The van der Waals surface area contributed by atoms with Gasteiger partial charge in [-0.3, -0.25) is 4.79 Å². The lowest BCUT2D eigenvalue weighted by Crippen LogP contribution is -2.71. The van der Waals surface area contributed by atoms with E-state index in [1.165, 1.54) is 5.69 Å². The highest BCUT2D eigenvalue weighted by Crippen LogP contribution is 2.38. The van der Waals surface area contributed by atoms with Gasteiger partial charge in [0.2, 0.25) is 0 Å². The van der Waals surface area contributed by atoms with Crippen molar-refractivity contribution in [1.29, 1.82) is 0 Å². The van der Waals surface area contributed by atoms with E-state index in [9.17, 15) is 9.59 Å². The van der Waals surface area contributed by atoms with Crippen LogP contribution in [0.4, 0.5) is 27.8 Å². The molecular weight excluding hydrogens is 498 g/mol. The van der Waals surface area contributed by atoms with Crippen LogP contribution in [0.2, 0.25) is 0 Å². The molecule has 5 aliphatic heterocycles. The average molecular weight is 534 g/mol. The van der Waals surface area contributed by atoms with E-state index >= 15 is 0 Å². The summed E-state index contributed by atoms with van der Waals surface area (Å²) < 4.78 is 5.29. The van der Waals surface area contributed by atoms with Crippen LogP contribution in [0.5, 0.6) is 0 Å². The van der Waals surface area contributed by atoms with Crippen LogP contribution in [0.1, 0.15) is 23.3 Å². The first-order valence-corrected chi connectivity index (χ1v) is 13.9. The standard InChI is InChI=1S/C27H35N9O3/c28-24(37)23-25(31-18-3-5-19(6-4-18)34-16-27(17-34)14-29-15-27)32-22(10-30-23)33-7-1-2-20(11-33)35-8-9-36(26(35)38)21-12-39-13-21/h3-6,10,20-21,29H,1-2,7-9,11-17H2,(H2,28,37)(H,31,32). The topological polar surface area (TPSA) is 132 Å². The van der Waals surface area contributed by atoms with Gasteiger partial charge in [-0.2, -0.15) is 0 Å². The number of piperidine rings is 1. The molecule has 6 heterocycles. The number of nitrogens with one attached hydrogen (secondary N) is 2. The second-order valence-corrected chi connectivity index (χ2v) is 11.5. The molecule has 7 rings (SSSR count). The molecular formula is C27H35N9O3. The number of hydrogen-bond donors (Lipinski definition) is 3. The Kier molecular flexibility index (Phi) is 5.96. The van der Waals surface area contributed by atoms with Crippen molar-refractivity contribution in [2.75, 3.05) is 80.7 Å². The molecule has 5 fully saturated rings. The molecule has 5 aliphatic rings. The summed E-state index contributed by atoms with van der Waals surface area (Å²) in [4.78, 5) is 42.9. The van der Waals surface area contributed by atoms with Gasteiger partial charge in [0, 0.05) is 69.1 Å². The first-order chi connectivity index (χ1) is 19.0. The number of carbonyl (C=O) groups is 2. The third-order valence-electron chi connectivity index (χ3n) is 8.84. The average Bonchev–Trinajstić information content (AvgIpc) is 3.23. The highest BCUT2D eigenvalue weighted by Gasteiger charge is 2.47. The number of carbonyl (C=O) groups excluding carboxylic acids is 2. The van der Waals surface area contributed by atoms with Gasteiger partial charge in [0.1, 0.15) is 5.82 Å². The van der Waals surface area contributed by atoms with E-state index in [4.69, 9.17) is 15.5 Å². The number of amides is 3. The number of benzene rings is 1. The summed E-state index contributed by atoms with van der Waals surface area (Å²) in [5.41, 5.74) is 8.20. The second kappa shape index (κ2) is 9.53. The molecule has 0 bridgehead atoms. The Bertz CT molecular complexity index is 1260. The number of hydrogen-bond acceptors (Lipinski definition) is 9. The highest BCUT2D eigenvalue weighted by molar-refractivity contribution is 5.96. The summed E-state index contributed by atoms with van der Waals surface area (Å²) in [6.45, 7) is 8.61. The van der Waals surface area contributed by atoms with Gasteiger partial charge >= 0.3 is 6.03 Å². The van der Waals surface area contributed by atoms with Crippen LogP contribution in [0.25, 0.3) is 0 Å². The van der Waals surface area contributed by atoms with Crippen LogP contribution >= 0.6 is 0 Å². The van der Waals surface area contributed by atoms with Gasteiger partial charge < -0.3 is 40.7 Å². The van der Waals surface area contributed by atoms with E-state index in [1.807, 2.05) is 21.9 Å². The summed E-state index contributed by atoms with van der Waals surface area (Å²) in [5.74, 6) is 0.374. The van der Waals surface area contributed by atoms with Gasteiger partial charge in [-0.25, -0.2) is 14.8 Å². The number of urea groups is 1. The van der Waals surface area contributed by atoms with E-state index in [2.05, 4.69) is 37.6 Å². The predicted molar refractivity (Wildman–Crippen MR) is 146 cm³/mol. The van der Waals surface area contributed by atoms with E-state index < -0.39 is 5.91 Å². The molecule has 1 aromatic carbocycles. The Labute approximate surface area is 227 Å². The van der Waals surface area contributed by atoms with Crippen LogP contribution in [-0.2, 0) is 4.74 Å². The minimum atomic E-state index is -0.632. The molecule has 12 nitrogen and oxygen atoms in total. The van der Waals surface area contributed by atoms with Crippen molar-refractivity contribution in [2.45, 2.75) is 24.9 Å². The van der Waals surface area contributed by atoms with E-state index in [0.29, 0.717) is 36.8 Å². The fraction of sp³-hybridized carbons (Fsp3) is 0.556. The van der Waals surface area contributed by atoms with Crippen molar-refractivity contribution in [3.8, 4) is 0 Å². The van der Waals surface area contributed by atoms with Crippen molar-refractivity contribution in [2.24, 2.45) is 11.1 Å². The molecule has 2 aromatic rings. The number of nitrogens with two attached hydrogens (primary N) is 1. The van der Waals surface area contributed by atoms with Gasteiger partial charge in [-0.05, 0) is 37.1 Å². The number of anilines is 4.